The van der Waals surface area contributed by atoms with Gasteiger partial charge in [0.05, 0.1) is 28.3 Å². The molecular formula is C17H17Cl2NO6S2. The Kier molecular flexibility index (Phi) is 6.09. The number of esters is 1. The van der Waals surface area contributed by atoms with Crippen molar-refractivity contribution in [2.45, 2.75) is 12.5 Å². The normalized spacial score (nSPS) is 18.2. The van der Waals surface area contributed by atoms with E-state index in [0.717, 1.165) is 11.3 Å². The molecule has 1 saturated heterocycles. The van der Waals surface area contributed by atoms with Gasteiger partial charge in [0.25, 0.3) is 5.91 Å². The highest BCUT2D eigenvalue weighted by atomic mass is 35.5. The van der Waals surface area contributed by atoms with E-state index in [4.69, 9.17) is 32.7 Å². The zero-order valence-electron chi connectivity index (χ0n) is 15.0. The molecule has 1 fully saturated rings. The van der Waals surface area contributed by atoms with Crippen LogP contribution in [0.1, 0.15) is 16.1 Å². The Bertz CT molecular complexity index is 1050. The molecule has 28 heavy (non-hydrogen) atoms. The minimum Gasteiger partial charge on any atom is -0.495 e. The number of amides is 1. The second-order valence-corrected chi connectivity index (χ2v) is 10.3. The third-order valence-electron chi connectivity index (χ3n) is 4.58. The van der Waals surface area contributed by atoms with Gasteiger partial charge in [0.2, 0.25) is 0 Å². The number of hydrogen-bond acceptors (Lipinski definition) is 7. The van der Waals surface area contributed by atoms with Gasteiger partial charge in [0.15, 0.2) is 16.4 Å². The van der Waals surface area contributed by atoms with Gasteiger partial charge >= 0.3 is 5.97 Å². The van der Waals surface area contributed by atoms with Gasteiger partial charge in [-0.1, -0.05) is 23.2 Å². The number of fused-ring (bicyclic) bond motifs is 1. The molecule has 7 nitrogen and oxygen atoms in total. The Labute approximate surface area is 176 Å². The van der Waals surface area contributed by atoms with E-state index in [2.05, 4.69) is 0 Å². The summed E-state index contributed by atoms with van der Waals surface area (Å²) in [5, 5.41) is 1.12. The summed E-state index contributed by atoms with van der Waals surface area (Å²) < 4.78 is 34.0. The van der Waals surface area contributed by atoms with Crippen LogP contribution in [0.4, 0.5) is 0 Å². The van der Waals surface area contributed by atoms with Crippen LogP contribution in [-0.2, 0) is 19.4 Å². The number of rotatable bonds is 5. The number of benzene rings is 1. The van der Waals surface area contributed by atoms with E-state index in [1.807, 2.05) is 0 Å². The Morgan fingerprint density at radius 3 is 2.61 bits per heavy atom. The van der Waals surface area contributed by atoms with Gasteiger partial charge in [0.1, 0.15) is 15.6 Å². The second kappa shape index (κ2) is 8.06. The topological polar surface area (TPSA) is 90.0 Å². The van der Waals surface area contributed by atoms with Crippen molar-refractivity contribution in [1.82, 2.24) is 4.90 Å². The van der Waals surface area contributed by atoms with Crippen LogP contribution in [-0.4, -0.2) is 63.5 Å². The average molecular weight is 466 g/mol. The van der Waals surface area contributed by atoms with Crippen LogP contribution in [0.25, 0.3) is 10.1 Å². The minimum atomic E-state index is -3.12. The van der Waals surface area contributed by atoms with Crippen molar-refractivity contribution in [3.8, 4) is 5.75 Å². The first-order valence-corrected chi connectivity index (χ1v) is 11.6. The summed E-state index contributed by atoms with van der Waals surface area (Å²) in [5.74, 6) is -0.799. The number of likely N-dealkylation sites (N-methyl/N-ethyl adjacent to an activating group) is 1. The lowest BCUT2D eigenvalue weighted by Crippen LogP contribution is -2.40. The molecule has 0 radical (unpaired) electrons. The van der Waals surface area contributed by atoms with Crippen molar-refractivity contribution in [2.24, 2.45) is 0 Å². The fourth-order valence-electron chi connectivity index (χ4n) is 2.95. The Morgan fingerprint density at radius 2 is 2.00 bits per heavy atom. The Hall–Kier alpha value is -1.55. The molecule has 0 saturated carbocycles. The van der Waals surface area contributed by atoms with E-state index in [1.54, 1.807) is 12.1 Å². The molecule has 1 aromatic carbocycles. The first-order valence-electron chi connectivity index (χ1n) is 8.22. The van der Waals surface area contributed by atoms with Crippen LogP contribution >= 0.6 is 34.5 Å². The largest absolute Gasteiger partial charge is 0.495 e. The first kappa shape index (κ1) is 21.2. The number of methoxy groups -OCH3 is 1. The highest BCUT2D eigenvalue weighted by molar-refractivity contribution is 7.91. The molecule has 3 rings (SSSR count). The zero-order valence-corrected chi connectivity index (χ0v) is 18.2. The summed E-state index contributed by atoms with van der Waals surface area (Å²) in [5.41, 5.74) is 0. The van der Waals surface area contributed by atoms with Crippen molar-refractivity contribution in [1.29, 1.82) is 0 Å². The van der Waals surface area contributed by atoms with Gasteiger partial charge in [-0.25, -0.2) is 13.2 Å². The monoisotopic (exact) mass is 465 g/mol. The fraction of sp³-hybridized carbons (Fsp3) is 0.412. The molecule has 1 aromatic heterocycles. The molecule has 1 amide bonds. The van der Waals surface area contributed by atoms with E-state index < -0.39 is 34.4 Å². The van der Waals surface area contributed by atoms with Crippen LogP contribution in [0.2, 0.25) is 10.0 Å². The molecule has 0 bridgehead atoms. The number of halogens is 2. The maximum absolute atomic E-state index is 12.4. The molecule has 1 aliphatic heterocycles. The van der Waals surface area contributed by atoms with Gasteiger partial charge in [0, 0.05) is 18.5 Å². The number of thiophene rings is 1. The lowest BCUT2D eigenvalue weighted by Gasteiger charge is -2.23. The molecule has 1 atom stereocenters. The molecule has 2 aromatic rings. The lowest BCUT2D eigenvalue weighted by atomic mass is 10.2. The summed E-state index contributed by atoms with van der Waals surface area (Å²) in [6, 6.07) is 2.93. The highest BCUT2D eigenvalue weighted by Gasteiger charge is 2.33. The van der Waals surface area contributed by atoms with Gasteiger partial charge in [-0.3, -0.25) is 4.79 Å². The van der Waals surface area contributed by atoms with E-state index in [1.165, 1.54) is 19.1 Å². The van der Waals surface area contributed by atoms with Gasteiger partial charge in [-0.05, 0) is 18.6 Å². The van der Waals surface area contributed by atoms with Crippen molar-refractivity contribution in [3.05, 3.63) is 27.1 Å². The Balaban J connectivity index is 1.70. The van der Waals surface area contributed by atoms with Crippen LogP contribution in [0.15, 0.2) is 12.1 Å². The highest BCUT2D eigenvalue weighted by Crippen LogP contribution is 2.43. The molecule has 0 spiro atoms. The fourth-order valence-corrected chi connectivity index (χ4v) is 6.50. The predicted molar refractivity (Wildman–Crippen MR) is 109 cm³/mol. The minimum absolute atomic E-state index is 0.0523. The van der Waals surface area contributed by atoms with Crippen molar-refractivity contribution < 1.29 is 27.5 Å². The number of carbonyl (C=O) groups is 2. The summed E-state index contributed by atoms with van der Waals surface area (Å²) in [4.78, 5) is 26.1. The van der Waals surface area contributed by atoms with Crippen LogP contribution in [0.3, 0.4) is 0 Å². The number of hydrogen-bond donors (Lipinski definition) is 0. The SMILES string of the molecule is COc1ccc2c(Cl)c(C(=O)OCC(=O)N(C)[C@@H]3CCS(=O)(=O)C3)sc2c1Cl. The molecule has 152 valence electrons. The second-order valence-electron chi connectivity index (χ2n) is 6.34. The number of carbonyl (C=O) groups excluding carboxylic acids is 2. The third kappa shape index (κ3) is 4.07. The quantitative estimate of drug-likeness (QED) is 0.630. The lowest BCUT2D eigenvalue weighted by molar-refractivity contribution is -0.134. The molecule has 2 heterocycles. The molecule has 1 aliphatic rings. The first-order chi connectivity index (χ1) is 13.1. The number of ether oxygens (including phenoxy) is 2. The van der Waals surface area contributed by atoms with E-state index >= 15 is 0 Å². The smallest absolute Gasteiger partial charge is 0.350 e. The van der Waals surface area contributed by atoms with Crippen LogP contribution < -0.4 is 4.74 Å². The summed E-state index contributed by atoms with van der Waals surface area (Å²) >= 11 is 13.6. The van der Waals surface area contributed by atoms with E-state index in [9.17, 15) is 18.0 Å². The predicted octanol–water partition coefficient (Wildman–Crippen LogP) is 3.02. The van der Waals surface area contributed by atoms with Crippen molar-refractivity contribution in [2.75, 3.05) is 32.3 Å². The maximum atomic E-state index is 12.4. The summed E-state index contributed by atoms with van der Waals surface area (Å²) in [6.45, 7) is -0.506. The molecule has 0 aliphatic carbocycles. The summed E-state index contributed by atoms with van der Waals surface area (Å²) in [6.07, 6.45) is 0.376. The third-order valence-corrected chi connectivity index (χ3v) is 8.53. The number of sulfone groups is 1. The molecule has 11 heteroatoms. The van der Waals surface area contributed by atoms with Crippen LogP contribution in [0.5, 0.6) is 5.75 Å². The molecule has 0 unspecified atom stereocenters. The van der Waals surface area contributed by atoms with Gasteiger partial charge < -0.3 is 14.4 Å². The summed E-state index contributed by atoms with van der Waals surface area (Å²) in [7, 11) is -0.137. The van der Waals surface area contributed by atoms with E-state index in [-0.39, 0.29) is 21.4 Å². The standard InChI is InChI=1S/C17H17Cl2NO6S2/c1-20(9-5-6-28(23,24)8-9)12(21)7-26-17(22)16-13(18)10-3-4-11(25-2)14(19)15(10)27-16/h3-4,9H,5-8H2,1-2H3/t9-/m1/s1. The zero-order chi connectivity index (χ0) is 20.6. The average Bonchev–Trinajstić information content (AvgIpc) is 3.19. The van der Waals surface area contributed by atoms with Crippen molar-refractivity contribution >= 4 is 66.3 Å². The van der Waals surface area contributed by atoms with Crippen LogP contribution in [0, 0.1) is 0 Å². The van der Waals surface area contributed by atoms with Crippen molar-refractivity contribution in [3.63, 3.8) is 0 Å². The van der Waals surface area contributed by atoms with Gasteiger partial charge in [-0.2, -0.15) is 0 Å². The molecule has 0 N–H and O–H groups in total. The number of nitrogens with zero attached hydrogens (tertiary/aromatic N) is 1. The maximum Gasteiger partial charge on any atom is 0.350 e. The molecular weight excluding hydrogens is 449 g/mol. The Morgan fingerprint density at radius 1 is 1.29 bits per heavy atom. The van der Waals surface area contributed by atoms with E-state index in [0.29, 0.717) is 27.3 Å². The van der Waals surface area contributed by atoms with Gasteiger partial charge in [-0.15, -0.1) is 11.3 Å².